The van der Waals surface area contributed by atoms with Crippen LogP contribution in [-0.2, 0) is 12.8 Å². The Morgan fingerprint density at radius 1 is 1.11 bits per heavy atom. The van der Waals surface area contributed by atoms with Crippen molar-refractivity contribution in [1.82, 2.24) is 9.97 Å². The first-order chi connectivity index (χ1) is 13.6. The van der Waals surface area contributed by atoms with E-state index in [9.17, 15) is 14.7 Å². The van der Waals surface area contributed by atoms with E-state index in [1.807, 2.05) is 0 Å². The van der Waals surface area contributed by atoms with E-state index in [0.717, 1.165) is 36.1 Å². The van der Waals surface area contributed by atoms with Gasteiger partial charge < -0.3 is 19.3 Å². The number of carboxylic acid groups (broad SMARTS) is 1. The second kappa shape index (κ2) is 6.45. The summed E-state index contributed by atoms with van der Waals surface area (Å²) >= 11 is 1.57. The zero-order chi connectivity index (χ0) is 19.3. The van der Waals surface area contributed by atoms with Gasteiger partial charge in [0.05, 0.1) is 11.4 Å². The van der Waals surface area contributed by atoms with Crippen molar-refractivity contribution in [3.63, 3.8) is 0 Å². The summed E-state index contributed by atoms with van der Waals surface area (Å²) in [4.78, 5) is 33.5. The first kappa shape index (κ1) is 16.9. The normalized spacial score (nSPS) is 13.6. The van der Waals surface area contributed by atoms with E-state index in [1.165, 1.54) is 10.9 Å². The first-order valence-electron chi connectivity index (χ1n) is 9.07. The molecule has 0 bridgehead atoms. The largest absolute Gasteiger partial charge is 0.545 e. The van der Waals surface area contributed by atoms with Crippen LogP contribution in [0.1, 0.15) is 33.6 Å². The minimum absolute atomic E-state index is 0.0474. The monoisotopic (exact) mass is 391 g/mol. The fourth-order valence-electron chi connectivity index (χ4n) is 3.77. The number of fused-ring (bicyclic) bond motifs is 3. The van der Waals surface area contributed by atoms with Crippen molar-refractivity contribution >= 4 is 27.5 Å². The number of hydrogen-bond acceptors (Lipinski definition) is 6. The number of hydrogen-bond donors (Lipinski definition) is 1. The number of aryl methyl sites for hydroxylation is 2. The summed E-state index contributed by atoms with van der Waals surface area (Å²) in [6.45, 7) is 0. The highest BCUT2D eigenvalue weighted by Gasteiger charge is 2.21. The number of nitrogens with zero attached hydrogens (tertiary/aromatic N) is 1. The first-order valence-corrected chi connectivity index (χ1v) is 9.89. The van der Waals surface area contributed by atoms with Crippen LogP contribution in [0.3, 0.4) is 0 Å². The summed E-state index contributed by atoms with van der Waals surface area (Å²) in [5.74, 6) is -0.171. The molecule has 0 unspecified atom stereocenters. The van der Waals surface area contributed by atoms with Gasteiger partial charge >= 0.3 is 0 Å². The number of carbonyl (C=O) groups excluding carboxylic acids is 1. The lowest BCUT2D eigenvalue weighted by Gasteiger charge is -2.09. The van der Waals surface area contributed by atoms with Gasteiger partial charge in [0.25, 0.3) is 5.56 Å². The predicted molar refractivity (Wildman–Crippen MR) is 104 cm³/mol. The molecule has 0 fully saturated rings. The lowest BCUT2D eigenvalue weighted by atomic mass is 9.97. The van der Waals surface area contributed by atoms with Gasteiger partial charge in [0.1, 0.15) is 10.6 Å². The second-order valence-electron chi connectivity index (χ2n) is 6.80. The maximum Gasteiger partial charge on any atom is 0.260 e. The Balaban J connectivity index is 1.61. The Morgan fingerprint density at radius 2 is 1.89 bits per heavy atom. The van der Waals surface area contributed by atoms with Gasteiger partial charge in [0.15, 0.2) is 11.6 Å². The lowest BCUT2D eigenvalue weighted by Crippen LogP contribution is -2.22. The Morgan fingerprint density at radius 3 is 2.75 bits per heavy atom. The zero-order valence-electron chi connectivity index (χ0n) is 14.8. The minimum atomic E-state index is -1.27. The number of H-pyrrole nitrogens is 1. The van der Waals surface area contributed by atoms with Gasteiger partial charge in [-0.25, -0.2) is 4.98 Å². The molecule has 1 aliphatic rings. The molecule has 3 aromatic heterocycles. The van der Waals surface area contributed by atoms with Crippen molar-refractivity contribution in [2.45, 2.75) is 25.7 Å². The minimum Gasteiger partial charge on any atom is -0.545 e. The molecule has 0 spiro atoms. The molecule has 1 aliphatic carbocycles. The Hall–Kier alpha value is -3.19. The molecule has 1 N–H and O–H groups in total. The standard InChI is InChI=1S/C21H16N2O4S/c24-19-17-13-7-3-4-8-16(13)28-20(17)23-18(22-19)15-10-9-14(27-15)11-5-1-2-6-12(11)21(25)26/h1-2,5-6,9-10H,3-4,7-8H2,(H,25,26)(H,22,23,24)/p-1. The van der Waals surface area contributed by atoms with Gasteiger partial charge in [-0.15, -0.1) is 11.3 Å². The molecular weight excluding hydrogens is 376 g/mol. The van der Waals surface area contributed by atoms with E-state index in [1.54, 1.807) is 41.7 Å². The highest BCUT2D eigenvalue weighted by atomic mass is 32.1. The third-order valence-electron chi connectivity index (χ3n) is 5.08. The van der Waals surface area contributed by atoms with Crippen LogP contribution in [0.25, 0.3) is 33.1 Å². The van der Waals surface area contributed by atoms with Crippen LogP contribution in [-0.4, -0.2) is 15.9 Å². The summed E-state index contributed by atoms with van der Waals surface area (Å²) in [6.07, 6.45) is 4.16. The number of nitrogens with one attached hydrogen (secondary N) is 1. The number of aromatic nitrogens is 2. The van der Waals surface area contributed by atoms with Crippen LogP contribution in [0.15, 0.2) is 45.6 Å². The number of thiophene rings is 1. The average molecular weight is 391 g/mol. The Labute approximate surface area is 163 Å². The SMILES string of the molecule is O=C([O-])c1ccccc1-c1ccc(-c2nc3sc4c(c3c(=O)[nH]2)CCCC4)o1. The van der Waals surface area contributed by atoms with Crippen LogP contribution in [0.5, 0.6) is 0 Å². The van der Waals surface area contributed by atoms with E-state index < -0.39 is 5.97 Å². The molecule has 0 atom stereocenters. The molecule has 0 saturated carbocycles. The van der Waals surface area contributed by atoms with Crippen LogP contribution in [0.2, 0.25) is 0 Å². The molecule has 7 heteroatoms. The van der Waals surface area contributed by atoms with Crippen LogP contribution in [0, 0.1) is 0 Å². The predicted octanol–water partition coefficient (Wildman–Crippen LogP) is 3.15. The van der Waals surface area contributed by atoms with Crippen molar-refractivity contribution < 1.29 is 14.3 Å². The number of carboxylic acids is 1. The number of carbonyl (C=O) groups is 1. The van der Waals surface area contributed by atoms with Gasteiger partial charge in [-0.2, -0.15) is 0 Å². The van der Waals surface area contributed by atoms with Crippen molar-refractivity contribution in [3.05, 3.63) is 62.8 Å². The van der Waals surface area contributed by atoms with Crippen molar-refractivity contribution in [3.8, 4) is 22.9 Å². The van der Waals surface area contributed by atoms with Crippen molar-refractivity contribution in [1.29, 1.82) is 0 Å². The van der Waals surface area contributed by atoms with E-state index in [0.29, 0.717) is 28.3 Å². The van der Waals surface area contributed by atoms with E-state index in [2.05, 4.69) is 9.97 Å². The summed E-state index contributed by atoms with van der Waals surface area (Å²) < 4.78 is 5.83. The van der Waals surface area contributed by atoms with E-state index in [-0.39, 0.29) is 11.1 Å². The summed E-state index contributed by atoms with van der Waals surface area (Å²) in [5, 5.41) is 12.0. The van der Waals surface area contributed by atoms with Crippen molar-refractivity contribution in [2.75, 3.05) is 0 Å². The molecule has 140 valence electrons. The average Bonchev–Trinajstić information content (AvgIpc) is 3.32. The molecule has 3 heterocycles. The molecule has 6 nitrogen and oxygen atoms in total. The Bertz CT molecular complexity index is 1280. The maximum atomic E-state index is 12.7. The number of furan rings is 1. The molecule has 0 radical (unpaired) electrons. The number of rotatable bonds is 3. The summed E-state index contributed by atoms with van der Waals surface area (Å²) in [5.41, 5.74) is 1.44. The van der Waals surface area contributed by atoms with Crippen LogP contribution < -0.4 is 10.7 Å². The fourth-order valence-corrected chi connectivity index (χ4v) is 5.03. The van der Waals surface area contributed by atoms with Crippen molar-refractivity contribution in [2.24, 2.45) is 0 Å². The van der Waals surface area contributed by atoms with Gasteiger partial charge in [0.2, 0.25) is 0 Å². The van der Waals surface area contributed by atoms with Gasteiger partial charge in [-0.3, -0.25) is 4.79 Å². The maximum absolute atomic E-state index is 12.7. The highest BCUT2D eigenvalue weighted by molar-refractivity contribution is 7.18. The van der Waals surface area contributed by atoms with Gasteiger partial charge in [-0.1, -0.05) is 24.3 Å². The third-order valence-corrected chi connectivity index (χ3v) is 6.26. The zero-order valence-corrected chi connectivity index (χ0v) is 15.6. The van der Waals surface area contributed by atoms with E-state index >= 15 is 0 Å². The molecule has 4 aromatic rings. The van der Waals surface area contributed by atoms with Crippen LogP contribution >= 0.6 is 11.3 Å². The summed E-state index contributed by atoms with van der Waals surface area (Å²) in [6, 6.07) is 9.83. The smallest absolute Gasteiger partial charge is 0.260 e. The highest BCUT2D eigenvalue weighted by Crippen LogP contribution is 2.35. The number of benzene rings is 1. The quantitative estimate of drug-likeness (QED) is 0.578. The second-order valence-corrected chi connectivity index (χ2v) is 7.89. The fraction of sp³-hybridized carbons (Fsp3) is 0.190. The molecule has 0 aliphatic heterocycles. The molecule has 1 aromatic carbocycles. The molecular formula is C21H15N2O4S-. The Kier molecular flexibility index (Phi) is 3.91. The number of aromatic amines is 1. The lowest BCUT2D eigenvalue weighted by molar-refractivity contribution is -0.254. The van der Waals surface area contributed by atoms with Gasteiger partial charge in [0, 0.05) is 16.0 Å². The molecule has 0 amide bonds. The van der Waals surface area contributed by atoms with Gasteiger partial charge in [-0.05, 0) is 43.4 Å². The summed E-state index contributed by atoms with van der Waals surface area (Å²) in [7, 11) is 0. The van der Waals surface area contributed by atoms with Crippen LogP contribution in [0.4, 0.5) is 0 Å². The third kappa shape index (κ3) is 2.66. The number of aromatic carboxylic acids is 1. The molecule has 5 rings (SSSR count). The molecule has 0 saturated heterocycles. The van der Waals surface area contributed by atoms with E-state index in [4.69, 9.17) is 4.42 Å². The molecule has 28 heavy (non-hydrogen) atoms. The topological polar surface area (TPSA) is 99.0 Å².